The Bertz CT molecular complexity index is 618. The highest BCUT2D eigenvalue weighted by Gasteiger charge is 2.24. The molecule has 0 amide bonds. The van der Waals surface area contributed by atoms with Gasteiger partial charge in [0.05, 0.1) is 13.2 Å². The third-order valence-electron chi connectivity index (χ3n) is 3.72. The van der Waals surface area contributed by atoms with Crippen LogP contribution in [0.15, 0.2) is 24.3 Å². The number of hydrogen-bond acceptors (Lipinski definition) is 5. The fraction of sp³-hybridized carbons (Fsp3) is 0.474. The first kappa shape index (κ1) is 18.0. The summed E-state index contributed by atoms with van der Waals surface area (Å²) in [6.07, 6.45) is 5.34. The van der Waals surface area contributed by atoms with Crippen LogP contribution in [0.2, 0.25) is 0 Å². The molecular formula is C19H24O5. The van der Waals surface area contributed by atoms with Crippen molar-refractivity contribution in [2.75, 3.05) is 7.11 Å². The smallest absolute Gasteiger partial charge is 0.331 e. The van der Waals surface area contributed by atoms with Gasteiger partial charge >= 0.3 is 5.97 Å². The molecule has 1 atom stereocenters. The standard InChI is InChI=1S/C19H24O5/c1-13(2)23-17-10-8-14(12-18(17)22-3)9-11-19(21)24-16-7-5-4-6-15(16)20/h8-13,16H,4-7H2,1-3H3/b11-9+/t16-/m0/s1. The molecule has 0 unspecified atom stereocenters. The van der Waals surface area contributed by atoms with E-state index >= 15 is 0 Å². The average Bonchev–Trinajstić information content (AvgIpc) is 2.55. The van der Waals surface area contributed by atoms with Gasteiger partial charge in [0.25, 0.3) is 0 Å². The second-order valence-corrected chi connectivity index (χ2v) is 6.05. The van der Waals surface area contributed by atoms with Crippen molar-refractivity contribution >= 4 is 17.8 Å². The lowest BCUT2D eigenvalue weighted by Crippen LogP contribution is -2.29. The van der Waals surface area contributed by atoms with E-state index < -0.39 is 12.1 Å². The number of ketones is 1. The number of ether oxygens (including phenoxy) is 3. The maximum atomic E-state index is 11.9. The van der Waals surface area contributed by atoms with Crippen LogP contribution < -0.4 is 9.47 Å². The molecule has 1 fully saturated rings. The molecule has 0 heterocycles. The van der Waals surface area contributed by atoms with Crippen molar-refractivity contribution in [1.29, 1.82) is 0 Å². The van der Waals surface area contributed by atoms with Gasteiger partial charge in [0.15, 0.2) is 23.4 Å². The van der Waals surface area contributed by atoms with Gasteiger partial charge in [-0.1, -0.05) is 6.07 Å². The number of Topliss-reactive ketones (excluding diaryl/α,β-unsaturated/α-hetero) is 1. The third-order valence-corrected chi connectivity index (χ3v) is 3.72. The van der Waals surface area contributed by atoms with Gasteiger partial charge in [0.2, 0.25) is 0 Å². The van der Waals surface area contributed by atoms with Crippen LogP contribution in [-0.4, -0.2) is 31.1 Å². The monoisotopic (exact) mass is 332 g/mol. The van der Waals surface area contributed by atoms with Crippen LogP contribution in [0, 0.1) is 0 Å². The molecule has 5 nitrogen and oxygen atoms in total. The van der Waals surface area contributed by atoms with Crippen LogP contribution >= 0.6 is 0 Å². The first-order chi connectivity index (χ1) is 11.5. The fourth-order valence-corrected chi connectivity index (χ4v) is 2.56. The number of methoxy groups -OCH3 is 1. The summed E-state index contributed by atoms with van der Waals surface area (Å²) in [5.41, 5.74) is 0.787. The maximum Gasteiger partial charge on any atom is 0.331 e. The predicted molar refractivity (Wildman–Crippen MR) is 91.1 cm³/mol. The second kappa shape index (κ2) is 8.52. The molecule has 1 aromatic carbocycles. The van der Waals surface area contributed by atoms with Gasteiger partial charge in [-0.05, 0) is 56.9 Å². The molecule has 0 aromatic heterocycles. The van der Waals surface area contributed by atoms with Crippen molar-refractivity contribution in [3.05, 3.63) is 29.8 Å². The van der Waals surface area contributed by atoms with E-state index in [4.69, 9.17) is 14.2 Å². The Morgan fingerprint density at radius 2 is 2.04 bits per heavy atom. The molecule has 5 heteroatoms. The van der Waals surface area contributed by atoms with E-state index in [1.807, 2.05) is 19.9 Å². The van der Waals surface area contributed by atoms with Crippen molar-refractivity contribution < 1.29 is 23.8 Å². The van der Waals surface area contributed by atoms with E-state index in [1.54, 1.807) is 25.3 Å². The lowest BCUT2D eigenvalue weighted by atomic mass is 9.96. The summed E-state index contributed by atoms with van der Waals surface area (Å²) in [6, 6.07) is 5.41. The molecule has 1 aliphatic carbocycles. The van der Waals surface area contributed by atoms with E-state index in [-0.39, 0.29) is 11.9 Å². The first-order valence-electron chi connectivity index (χ1n) is 8.25. The molecule has 0 saturated heterocycles. The summed E-state index contributed by atoms with van der Waals surface area (Å²) in [5.74, 6) is 0.762. The van der Waals surface area contributed by atoms with Crippen LogP contribution in [-0.2, 0) is 14.3 Å². The number of benzene rings is 1. The Kier molecular flexibility index (Phi) is 6.41. The minimum absolute atomic E-state index is 0.0138. The lowest BCUT2D eigenvalue weighted by Gasteiger charge is -2.19. The lowest BCUT2D eigenvalue weighted by molar-refractivity contribution is -0.152. The number of rotatable bonds is 6. The molecule has 0 radical (unpaired) electrons. The van der Waals surface area contributed by atoms with E-state index in [0.717, 1.165) is 18.4 Å². The molecule has 0 aliphatic heterocycles. The number of carbonyl (C=O) groups is 2. The SMILES string of the molecule is COc1cc(/C=C/C(=O)O[C@H]2CCCCC2=O)ccc1OC(C)C. The molecule has 0 N–H and O–H groups in total. The maximum absolute atomic E-state index is 11.9. The van der Waals surface area contributed by atoms with Crippen LogP contribution in [0.25, 0.3) is 6.08 Å². The largest absolute Gasteiger partial charge is 0.493 e. The average molecular weight is 332 g/mol. The molecule has 24 heavy (non-hydrogen) atoms. The van der Waals surface area contributed by atoms with E-state index in [2.05, 4.69) is 0 Å². The van der Waals surface area contributed by atoms with Gasteiger partial charge in [0, 0.05) is 12.5 Å². The fourth-order valence-electron chi connectivity index (χ4n) is 2.56. The molecule has 1 saturated carbocycles. The summed E-state index contributed by atoms with van der Waals surface area (Å²) in [7, 11) is 1.57. The van der Waals surface area contributed by atoms with Gasteiger partial charge in [-0.2, -0.15) is 0 Å². The van der Waals surface area contributed by atoms with Crippen LogP contribution in [0.4, 0.5) is 0 Å². The summed E-state index contributed by atoms with van der Waals surface area (Å²) in [5, 5.41) is 0. The molecule has 2 rings (SSSR count). The number of carbonyl (C=O) groups excluding carboxylic acids is 2. The van der Waals surface area contributed by atoms with Crippen LogP contribution in [0.3, 0.4) is 0 Å². The van der Waals surface area contributed by atoms with Gasteiger partial charge in [0.1, 0.15) is 0 Å². The normalized spacial score (nSPS) is 18.0. The molecular weight excluding hydrogens is 308 g/mol. The van der Waals surface area contributed by atoms with Gasteiger partial charge in [-0.25, -0.2) is 4.79 Å². The summed E-state index contributed by atoms with van der Waals surface area (Å²) >= 11 is 0. The van der Waals surface area contributed by atoms with Crippen molar-refractivity contribution in [2.45, 2.75) is 51.7 Å². The topological polar surface area (TPSA) is 61.8 Å². The second-order valence-electron chi connectivity index (χ2n) is 6.05. The third kappa shape index (κ3) is 5.11. The van der Waals surface area contributed by atoms with E-state index in [0.29, 0.717) is 24.3 Å². The highest BCUT2D eigenvalue weighted by atomic mass is 16.5. The molecule has 1 aliphatic rings. The summed E-state index contributed by atoms with van der Waals surface area (Å²) in [4.78, 5) is 23.6. The summed E-state index contributed by atoms with van der Waals surface area (Å²) in [6.45, 7) is 3.88. The highest BCUT2D eigenvalue weighted by Crippen LogP contribution is 2.29. The van der Waals surface area contributed by atoms with Gasteiger partial charge in [-0.15, -0.1) is 0 Å². The van der Waals surface area contributed by atoms with Crippen LogP contribution in [0.1, 0.15) is 45.1 Å². The Labute approximate surface area is 142 Å². The summed E-state index contributed by atoms with van der Waals surface area (Å²) < 4.78 is 16.2. The minimum atomic E-state index is -0.591. The van der Waals surface area contributed by atoms with Crippen molar-refractivity contribution in [3.63, 3.8) is 0 Å². The number of hydrogen-bond donors (Lipinski definition) is 0. The first-order valence-corrected chi connectivity index (χ1v) is 8.25. The molecule has 0 spiro atoms. The Hall–Kier alpha value is -2.30. The van der Waals surface area contributed by atoms with Gasteiger partial charge < -0.3 is 14.2 Å². The van der Waals surface area contributed by atoms with Crippen molar-refractivity contribution in [1.82, 2.24) is 0 Å². The van der Waals surface area contributed by atoms with Crippen molar-refractivity contribution in [2.24, 2.45) is 0 Å². The quantitative estimate of drug-likeness (QED) is 0.589. The molecule has 130 valence electrons. The minimum Gasteiger partial charge on any atom is -0.493 e. The van der Waals surface area contributed by atoms with E-state index in [1.165, 1.54) is 6.08 Å². The predicted octanol–water partition coefficient (Wildman–Crippen LogP) is 3.55. The molecule has 0 bridgehead atoms. The zero-order valence-corrected chi connectivity index (χ0v) is 14.4. The van der Waals surface area contributed by atoms with Gasteiger partial charge in [-0.3, -0.25) is 4.79 Å². The Balaban J connectivity index is 2.00. The number of esters is 1. The Morgan fingerprint density at radius 1 is 1.25 bits per heavy atom. The zero-order chi connectivity index (χ0) is 17.5. The van der Waals surface area contributed by atoms with E-state index in [9.17, 15) is 9.59 Å². The van der Waals surface area contributed by atoms with Crippen molar-refractivity contribution in [3.8, 4) is 11.5 Å². The molecule has 1 aromatic rings. The Morgan fingerprint density at radius 3 is 2.71 bits per heavy atom. The van der Waals surface area contributed by atoms with Crippen LogP contribution in [0.5, 0.6) is 11.5 Å². The highest BCUT2D eigenvalue weighted by molar-refractivity contribution is 5.91. The zero-order valence-electron chi connectivity index (χ0n) is 14.4.